The number of hydrogen-bond acceptors (Lipinski definition) is 3. The van der Waals surface area contributed by atoms with E-state index in [0.29, 0.717) is 11.0 Å². The highest BCUT2D eigenvalue weighted by molar-refractivity contribution is 7.18. The van der Waals surface area contributed by atoms with E-state index in [-0.39, 0.29) is 0 Å². The van der Waals surface area contributed by atoms with Gasteiger partial charge in [0.1, 0.15) is 0 Å². The number of hydrogen-bond donors (Lipinski definition) is 1. The molecule has 84 valence electrons. The maximum Gasteiger partial charge on any atom is 0.180 e. The molecule has 0 aliphatic carbocycles. The zero-order chi connectivity index (χ0) is 11.5. The van der Waals surface area contributed by atoms with Gasteiger partial charge in [-0.3, -0.25) is 0 Å². The van der Waals surface area contributed by atoms with Gasteiger partial charge in [-0.15, -0.1) is 0 Å². The molecule has 1 aromatic carbocycles. The maximum atomic E-state index is 5.64. The zero-order valence-electron chi connectivity index (χ0n) is 9.60. The van der Waals surface area contributed by atoms with Crippen molar-refractivity contribution in [1.29, 1.82) is 0 Å². The van der Waals surface area contributed by atoms with Gasteiger partial charge in [0.15, 0.2) is 5.13 Å². The number of nitrogens with zero attached hydrogens (tertiary/aromatic N) is 1. The number of rotatable bonds is 3. The summed E-state index contributed by atoms with van der Waals surface area (Å²) in [6, 6.07) is 8.61. The van der Waals surface area contributed by atoms with Gasteiger partial charge < -0.3 is 5.73 Å². The largest absolute Gasteiger partial charge is 0.375 e. The molecule has 0 aliphatic heterocycles. The molecular weight excluding hydrogens is 216 g/mol. The van der Waals surface area contributed by atoms with Crippen LogP contribution in [0.5, 0.6) is 0 Å². The van der Waals surface area contributed by atoms with Crippen molar-refractivity contribution in [3.05, 3.63) is 36.0 Å². The molecule has 0 radical (unpaired) electrons. The number of anilines is 1. The van der Waals surface area contributed by atoms with Gasteiger partial charge in [-0.05, 0) is 23.5 Å². The summed E-state index contributed by atoms with van der Waals surface area (Å²) in [6.45, 7) is 4.47. The van der Waals surface area contributed by atoms with Crippen LogP contribution in [-0.2, 0) is 6.42 Å². The molecule has 2 rings (SSSR count). The summed E-state index contributed by atoms with van der Waals surface area (Å²) >= 11 is 1.54. The third kappa shape index (κ3) is 2.61. The predicted molar refractivity (Wildman–Crippen MR) is 70.5 cm³/mol. The van der Waals surface area contributed by atoms with Crippen LogP contribution in [0.2, 0.25) is 0 Å². The molecular formula is C13H16N2S. The van der Waals surface area contributed by atoms with E-state index in [1.54, 1.807) is 0 Å². The Balaban J connectivity index is 2.28. The van der Waals surface area contributed by atoms with Crippen molar-refractivity contribution in [1.82, 2.24) is 4.98 Å². The SMILES string of the molecule is CC(C)Cc1cccc(-c2cnc(N)s2)c1. The molecule has 0 fully saturated rings. The normalized spacial score (nSPS) is 10.9. The Morgan fingerprint density at radius 2 is 2.19 bits per heavy atom. The number of benzene rings is 1. The van der Waals surface area contributed by atoms with Gasteiger partial charge in [-0.2, -0.15) is 0 Å². The molecule has 0 bridgehead atoms. The van der Waals surface area contributed by atoms with Gasteiger partial charge in [-0.25, -0.2) is 4.98 Å². The highest BCUT2D eigenvalue weighted by Gasteiger charge is 2.04. The molecule has 0 amide bonds. The zero-order valence-corrected chi connectivity index (χ0v) is 10.4. The molecule has 0 aliphatic rings. The topological polar surface area (TPSA) is 38.9 Å². The first-order chi connectivity index (χ1) is 7.65. The molecule has 3 heteroatoms. The van der Waals surface area contributed by atoms with E-state index in [0.717, 1.165) is 11.3 Å². The van der Waals surface area contributed by atoms with E-state index in [4.69, 9.17) is 5.73 Å². The first kappa shape index (κ1) is 11.1. The molecule has 2 aromatic rings. The van der Waals surface area contributed by atoms with Crippen molar-refractivity contribution in [2.24, 2.45) is 5.92 Å². The quantitative estimate of drug-likeness (QED) is 0.878. The van der Waals surface area contributed by atoms with Crippen LogP contribution in [0.25, 0.3) is 10.4 Å². The number of thiazole rings is 1. The third-order valence-corrected chi connectivity index (χ3v) is 3.25. The van der Waals surface area contributed by atoms with E-state index in [2.05, 4.69) is 43.1 Å². The summed E-state index contributed by atoms with van der Waals surface area (Å²) in [5.74, 6) is 0.682. The molecule has 0 atom stereocenters. The molecule has 1 aromatic heterocycles. The van der Waals surface area contributed by atoms with Gasteiger partial charge in [0.25, 0.3) is 0 Å². The van der Waals surface area contributed by atoms with Crippen LogP contribution in [0, 0.1) is 5.92 Å². The summed E-state index contributed by atoms with van der Waals surface area (Å²) in [5, 5.41) is 0.629. The first-order valence-electron chi connectivity index (χ1n) is 5.46. The Morgan fingerprint density at radius 1 is 1.38 bits per heavy atom. The van der Waals surface area contributed by atoms with Crippen molar-refractivity contribution in [2.45, 2.75) is 20.3 Å². The fourth-order valence-corrected chi connectivity index (χ4v) is 2.42. The lowest BCUT2D eigenvalue weighted by atomic mass is 10.0. The van der Waals surface area contributed by atoms with Crippen LogP contribution in [0.3, 0.4) is 0 Å². The fraction of sp³-hybridized carbons (Fsp3) is 0.308. The maximum absolute atomic E-state index is 5.64. The van der Waals surface area contributed by atoms with E-state index in [9.17, 15) is 0 Å². The van der Waals surface area contributed by atoms with Crippen LogP contribution in [-0.4, -0.2) is 4.98 Å². The lowest BCUT2D eigenvalue weighted by Gasteiger charge is -2.06. The second-order valence-corrected chi connectivity index (χ2v) is 5.42. The number of nitrogens with two attached hydrogens (primary N) is 1. The van der Waals surface area contributed by atoms with Gasteiger partial charge in [-0.1, -0.05) is 49.4 Å². The molecule has 16 heavy (non-hydrogen) atoms. The van der Waals surface area contributed by atoms with Crippen molar-refractivity contribution in [3.8, 4) is 10.4 Å². The Hall–Kier alpha value is -1.35. The van der Waals surface area contributed by atoms with E-state index in [1.165, 1.54) is 22.5 Å². The van der Waals surface area contributed by atoms with Crippen LogP contribution in [0.1, 0.15) is 19.4 Å². The lowest BCUT2D eigenvalue weighted by Crippen LogP contribution is -1.93. The standard InChI is InChI=1S/C13H16N2S/c1-9(2)6-10-4-3-5-11(7-10)12-8-15-13(14)16-12/h3-5,7-9H,6H2,1-2H3,(H2,14,15). The predicted octanol–water partition coefficient (Wildman–Crippen LogP) is 3.59. The van der Waals surface area contributed by atoms with E-state index >= 15 is 0 Å². The van der Waals surface area contributed by atoms with Gasteiger partial charge >= 0.3 is 0 Å². The number of nitrogen functional groups attached to an aromatic ring is 1. The molecule has 0 spiro atoms. The summed E-state index contributed by atoms with van der Waals surface area (Å²) in [4.78, 5) is 5.22. The monoisotopic (exact) mass is 232 g/mol. The average molecular weight is 232 g/mol. The van der Waals surface area contributed by atoms with Crippen LogP contribution in [0.15, 0.2) is 30.5 Å². The lowest BCUT2D eigenvalue weighted by molar-refractivity contribution is 0.647. The van der Waals surface area contributed by atoms with Gasteiger partial charge in [0.05, 0.1) is 4.88 Å². The molecule has 0 saturated carbocycles. The minimum atomic E-state index is 0.629. The van der Waals surface area contributed by atoms with E-state index in [1.807, 2.05) is 6.20 Å². The van der Waals surface area contributed by atoms with Gasteiger partial charge in [0.2, 0.25) is 0 Å². The van der Waals surface area contributed by atoms with Crippen molar-refractivity contribution < 1.29 is 0 Å². The Morgan fingerprint density at radius 3 is 2.81 bits per heavy atom. The molecule has 0 unspecified atom stereocenters. The summed E-state index contributed by atoms with van der Waals surface area (Å²) in [5.41, 5.74) is 8.23. The van der Waals surface area contributed by atoms with Crippen molar-refractivity contribution >= 4 is 16.5 Å². The minimum absolute atomic E-state index is 0.629. The Labute approximate surface area is 100 Å². The summed E-state index contributed by atoms with van der Waals surface area (Å²) in [7, 11) is 0. The second-order valence-electron chi connectivity index (χ2n) is 4.36. The molecule has 2 N–H and O–H groups in total. The minimum Gasteiger partial charge on any atom is -0.375 e. The van der Waals surface area contributed by atoms with Crippen LogP contribution in [0.4, 0.5) is 5.13 Å². The first-order valence-corrected chi connectivity index (χ1v) is 6.27. The van der Waals surface area contributed by atoms with Crippen LogP contribution < -0.4 is 5.73 Å². The Kier molecular flexibility index (Phi) is 3.25. The van der Waals surface area contributed by atoms with Crippen LogP contribution >= 0.6 is 11.3 Å². The average Bonchev–Trinajstić information content (AvgIpc) is 2.64. The van der Waals surface area contributed by atoms with Crippen molar-refractivity contribution in [3.63, 3.8) is 0 Å². The highest BCUT2D eigenvalue weighted by Crippen LogP contribution is 2.28. The molecule has 2 nitrogen and oxygen atoms in total. The second kappa shape index (κ2) is 4.66. The third-order valence-electron chi connectivity index (χ3n) is 2.38. The summed E-state index contributed by atoms with van der Waals surface area (Å²) in [6.07, 6.45) is 2.95. The van der Waals surface area contributed by atoms with E-state index < -0.39 is 0 Å². The fourth-order valence-electron chi connectivity index (χ4n) is 1.74. The highest BCUT2D eigenvalue weighted by atomic mass is 32.1. The van der Waals surface area contributed by atoms with Crippen molar-refractivity contribution in [2.75, 3.05) is 5.73 Å². The Bertz CT molecular complexity index is 474. The number of aromatic nitrogens is 1. The summed E-state index contributed by atoms with van der Waals surface area (Å²) < 4.78 is 0. The molecule has 0 saturated heterocycles. The molecule has 1 heterocycles. The smallest absolute Gasteiger partial charge is 0.180 e. The van der Waals surface area contributed by atoms with Gasteiger partial charge in [0, 0.05) is 6.20 Å².